The van der Waals surface area contributed by atoms with Gasteiger partial charge in [0.25, 0.3) is 11.8 Å². The molecule has 4 rings (SSSR count). The summed E-state index contributed by atoms with van der Waals surface area (Å²) in [4.78, 5) is 51.9. The fourth-order valence-electron chi connectivity index (χ4n) is 3.89. The van der Waals surface area contributed by atoms with Crippen molar-refractivity contribution in [3.63, 3.8) is 0 Å². The first kappa shape index (κ1) is 20.6. The van der Waals surface area contributed by atoms with Crippen molar-refractivity contribution >= 4 is 35.1 Å². The third kappa shape index (κ3) is 3.65. The van der Waals surface area contributed by atoms with E-state index in [-0.39, 0.29) is 18.7 Å². The summed E-state index contributed by atoms with van der Waals surface area (Å²) in [7, 11) is 0. The van der Waals surface area contributed by atoms with E-state index < -0.39 is 23.4 Å². The van der Waals surface area contributed by atoms with Gasteiger partial charge in [-0.15, -0.1) is 0 Å². The molecule has 0 aromatic heterocycles. The maximum Gasteiger partial charge on any atom is 0.338 e. The van der Waals surface area contributed by atoms with Gasteiger partial charge in [0.15, 0.2) is 0 Å². The van der Waals surface area contributed by atoms with Crippen molar-refractivity contribution < 1.29 is 23.9 Å². The summed E-state index contributed by atoms with van der Waals surface area (Å²) in [6.45, 7) is 2.37. The predicted molar refractivity (Wildman–Crippen MR) is 114 cm³/mol. The third-order valence-corrected chi connectivity index (χ3v) is 5.53. The van der Waals surface area contributed by atoms with Crippen LogP contribution in [-0.4, -0.2) is 36.0 Å². The highest BCUT2D eigenvalue weighted by molar-refractivity contribution is 6.18. The largest absolute Gasteiger partial charge is 0.462 e. The number of hydrogen-bond acceptors (Lipinski definition) is 5. The topological polar surface area (TPSA) is 105 Å². The number of amides is 3. The lowest BCUT2D eigenvalue weighted by Gasteiger charge is -2.41. The average Bonchev–Trinajstić information content (AvgIpc) is 3.12. The van der Waals surface area contributed by atoms with E-state index in [2.05, 4.69) is 10.6 Å². The molecule has 0 radical (unpaired) electrons. The minimum atomic E-state index is -1.49. The number of para-hydroxylation sites is 1. The minimum Gasteiger partial charge on any atom is -0.462 e. The quantitative estimate of drug-likeness (QED) is 0.551. The van der Waals surface area contributed by atoms with E-state index in [0.29, 0.717) is 29.1 Å². The number of hydrogen-bond donors (Lipinski definition) is 2. The number of benzene rings is 2. The van der Waals surface area contributed by atoms with Gasteiger partial charge in [-0.3, -0.25) is 19.3 Å². The van der Waals surface area contributed by atoms with Crippen LogP contribution in [-0.2, 0) is 14.3 Å². The maximum atomic E-state index is 13.3. The second kappa shape index (κ2) is 8.22. The van der Waals surface area contributed by atoms with Crippen molar-refractivity contribution in [3.05, 3.63) is 59.7 Å². The fourth-order valence-corrected chi connectivity index (χ4v) is 3.89. The first-order valence-electron chi connectivity index (χ1n) is 10.3. The first-order valence-corrected chi connectivity index (χ1v) is 10.3. The normalized spacial score (nSPS) is 19.3. The number of rotatable bonds is 6. The van der Waals surface area contributed by atoms with Gasteiger partial charge in [-0.1, -0.05) is 25.5 Å². The average molecular weight is 421 g/mol. The van der Waals surface area contributed by atoms with E-state index in [1.807, 2.05) is 6.92 Å². The Labute approximate surface area is 179 Å². The van der Waals surface area contributed by atoms with Crippen molar-refractivity contribution in [1.82, 2.24) is 5.32 Å². The standard InChI is InChI=1S/C23H23N3O5/c1-2-3-14-31-21(29)15-8-10-16(11-9-15)24-22(30)23-13-12-19(27)26(23)18-7-5-4-6-17(18)20(28)25-23/h4-11H,2-3,12-14H2,1H3,(H,24,30)(H,25,28). The Bertz CT molecular complexity index is 1050. The molecule has 2 heterocycles. The molecule has 0 spiro atoms. The third-order valence-electron chi connectivity index (χ3n) is 5.53. The second-order valence-electron chi connectivity index (χ2n) is 7.58. The van der Waals surface area contributed by atoms with Crippen LogP contribution in [0.3, 0.4) is 0 Å². The molecular weight excluding hydrogens is 398 g/mol. The molecule has 2 aromatic carbocycles. The molecule has 0 bridgehead atoms. The van der Waals surface area contributed by atoms with Gasteiger partial charge in [0, 0.05) is 18.5 Å². The summed E-state index contributed by atoms with van der Waals surface area (Å²) in [5.74, 6) is -1.57. The van der Waals surface area contributed by atoms with E-state index in [4.69, 9.17) is 4.74 Å². The Morgan fingerprint density at radius 1 is 1.13 bits per heavy atom. The summed E-state index contributed by atoms with van der Waals surface area (Å²) in [6.07, 6.45) is 2.04. The Morgan fingerprint density at radius 3 is 2.61 bits per heavy atom. The van der Waals surface area contributed by atoms with Gasteiger partial charge in [0.2, 0.25) is 11.6 Å². The molecule has 31 heavy (non-hydrogen) atoms. The molecule has 2 aliphatic heterocycles. The number of nitrogens with one attached hydrogen (secondary N) is 2. The molecule has 160 valence electrons. The summed E-state index contributed by atoms with van der Waals surface area (Å²) < 4.78 is 5.18. The van der Waals surface area contributed by atoms with Crippen LogP contribution >= 0.6 is 0 Å². The van der Waals surface area contributed by atoms with E-state index in [0.717, 1.165) is 12.8 Å². The van der Waals surface area contributed by atoms with Crippen LogP contribution in [0.2, 0.25) is 0 Å². The van der Waals surface area contributed by atoms with Gasteiger partial charge in [-0.05, 0) is 42.8 Å². The van der Waals surface area contributed by atoms with Crippen molar-refractivity contribution in [2.75, 3.05) is 16.8 Å². The number of ether oxygens (including phenoxy) is 1. The van der Waals surface area contributed by atoms with Crippen molar-refractivity contribution in [1.29, 1.82) is 0 Å². The molecular formula is C23H23N3O5. The Hall–Kier alpha value is -3.68. The number of carbonyl (C=O) groups is 4. The zero-order valence-electron chi connectivity index (χ0n) is 17.1. The number of anilines is 2. The summed E-state index contributed by atoms with van der Waals surface area (Å²) >= 11 is 0. The molecule has 8 nitrogen and oxygen atoms in total. The highest BCUT2D eigenvalue weighted by Gasteiger charge is 2.56. The van der Waals surface area contributed by atoms with E-state index in [1.54, 1.807) is 48.5 Å². The Kier molecular flexibility index (Phi) is 5.46. The molecule has 1 fully saturated rings. The van der Waals surface area contributed by atoms with Crippen molar-refractivity contribution in [3.8, 4) is 0 Å². The highest BCUT2D eigenvalue weighted by Crippen LogP contribution is 2.39. The summed E-state index contributed by atoms with van der Waals surface area (Å²) in [6, 6.07) is 13.0. The highest BCUT2D eigenvalue weighted by atomic mass is 16.5. The van der Waals surface area contributed by atoms with Gasteiger partial charge in [0.05, 0.1) is 23.4 Å². The van der Waals surface area contributed by atoms with Crippen LogP contribution in [0, 0.1) is 0 Å². The molecule has 1 saturated heterocycles. The summed E-state index contributed by atoms with van der Waals surface area (Å²) in [5, 5.41) is 5.50. The lowest BCUT2D eigenvalue weighted by molar-refractivity contribution is -0.124. The van der Waals surface area contributed by atoms with Crippen LogP contribution in [0.5, 0.6) is 0 Å². The number of carbonyl (C=O) groups excluding carboxylic acids is 4. The number of esters is 1. The zero-order valence-corrected chi connectivity index (χ0v) is 17.1. The van der Waals surface area contributed by atoms with Crippen molar-refractivity contribution in [2.45, 2.75) is 38.3 Å². The predicted octanol–water partition coefficient (Wildman–Crippen LogP) is 2.85. The SMILES string of the molecule is CCCCOC(=O)c1ccc(NC(=O)C23CCC(=O)N2c2ccccc2C(=O)N3)cc1. The van der Waals surface area contributed by atoms with Crippen LogP contribution in [0.15, 0.2) is 48.5 Å². The number of fused-ring (bicyclic) bond motifs is 3. The maximum absolute atomic E-state index is 13.3. The zero-order chi connectivity index (χ0) is 22.0. The Balaban J connectivity index is 1.54. The molecule has 1 unspecified atom stereocenters. The molecule has 0 saturated carbocycles. The van der Waals surface area contributed by atoms with E-state index >= 15 is 0 Å². The van der Waals surface area contributed by atoms with Crippen LogP contribution in [0.1, 0.15) is 53.3 Å². The van der Waals surface area contributed by atoms with Gasteiger partial charge >= 0.3 is 5.97 Å². The van der Waals surface area contributed by atoms with Gasteiger partial charge < -0.3 is 15.4 Å². The van der Waals surface area contributed by atoms with Gasteiger partial charge in [0.1, 0.15) is 0 Å². The molecule has 8 heteroatoms. The minimum absolute atomic E-state index is 0.143. The van der Waals surface area contributed by atoms with Gasteiger partial charge in [-0.2, -0.15) is 0 Å². The molecule has 2 N–H and O–H groups in total. The number of nitrogens with zero attached hydrogens (tertiary/aromatic N) is 1. The van der Waals surface area contributed by atoms with Gasteiger partial charge in [-0.25, -0.2) is 4.79 Å². The van der Waals surface area contributed by atoms with E-state index in [1.165, 1.54) is 4.90 Å². The van der Waals surface area contributed by atoms with Crippen molar-refractivity contribution in [2.24, 2.45) is 0 Å². The van der Waals surface area contributed by atoms with Crippen LogP contribution in [0.25, 0.3) is 0 Å². The molecule has 2 aromatic rings. The van der Waals surface area contributed by atoms with Crippen LogP contribution in [0.4, 0.5) is 11.4 Å². The smallest absolute Gasteiger partial charge is 0.338 e. The molecule has 2 aliphatic rings. The lowest BCUT2D eigenvalue weighted by atomic mass is 9.98. The number of unbranched alkanes of at least 4 members (excludes halogenated alkanes) is 1. The lowest BCUT2D eigenvalue weighted by Crippen LogP contribution is -2.68. The monoisotopic (exact) mass is 421 g/mol. The first-order chi connectivity index (χ1) is 15.0. The molecule has 3 amide bonds. The summed E-state index contributed by atoms with van der Waals surface area (Å²) in [5.41, 5.74) is 0.114. The second-order valence-corrected chi connectivity index (χ2v) is 7.58. The van der Waals surface area contributed by atoms with E-state index in [9.17, 15) is 19.2 Å². The Morgan fingerprint density at radius 2 is 1.87 bits per heavy atom. The fraction of sp³-hybridized carbons (Fsp3) is 0.304. The molecule has 1 atom stereocenters. The molecule has 0 aliphatic carbocycles. The van der Waals surface area contributed by atoms with Crippen LogP contribution < -0.4 is 15.5 Å².